The Balaban J connectivity index is 1.93. The minimum Gasteiger partial charge on any atom is -0.481 e. The van der Waals surface area contributed by atoms with Gasteiger partial charge in [0.1, 0.15) is 0 Å². The number of ether oxygens (including phenoxy) is 1. The summed E-state index contributed by atoms with van der Waals surface area (Å²) in [5, 5.41) is 3.50. The molecule has 0 saturated carbocycles. The van der Waals surface area contributed by atoms with Gasteiger partial charge in [-0.15, -0.1) is 0 Å². The Morgan fingerprint density at radius 1 is 1.45 bits per heavy atom. The lowest BCUT2D eigenvalue weighted by atomic mass is 9.98. The van der Waals surface area contributed by atoms with Crippen molar-refractivity contribution in [1.82, 2.24) is 15.2 Å². The molecule has 4 heteroatoms. The van der Waals surface area contributed by atoms with Crippen LogP contribution in [0, 0.1) is 5.92 Å². The van der Waals surface area contributed by atoms with Gasteiger partial charge in [0.15, 0.2) is 0 Å². The molecular weight excluding hydrogens is 250 g/mol. The van der Waals surface area contributed by atoms with Crippen molar-refractivity contribution in [2.24, 2.45) is 5.92 Å². The second kappa shape index (κ2) is 7.60. The third kappa shape index (κ3) is 4.46. The van der Waals surface area contributed by atoms with Crippen LogP contribution in [0.4, 0.5) is 0 Å². The zero-order valence-corrected chi connectivity index (χ0v) is 12.9. The highest BCUT2D eigenvalue weighted by Crippen LogP contribution is 2.16. The summed E-state index contributed by atoms with van der Waals surface area (Å²) in [7, 11) is 1.65. The van der Waals surface area contributed by atoms with Gasteiger partial charge in [0.25, 0.3) is 0 Å². The number of nitrogens with one attached hydrogen (secondary N) is 1. The van der Waals surface area contributed by atoms with E-state index < -0.39 is 0 Å². The van der Waals surface area contributed by atoms with Crippen LogP contribution in [0.1, 0.15) is 32.3 Å². The van der Waals surface area contributed by atoms with Crippen molar-refractivity contribution in [3.05, 3.63) is 23.9 Å². The molecule has 0 spiro atoms. The first-order chi connectivity index (χ1) is 9.69. The summed E-state index contributed by atoms with van der Waals surface area (Å²) in [5.41, 5.74) is 1.25. The lowest BCUT2D eigenvalue weighted by Crippen LogP contribution is -2.40. The molecule has 0 radical (unpaired) electrons. The first kappa shape index (κ1) is 15.3. The Kier molecular flexibility index (Phi) is 5.80. The molecule has 4 nitrogen and oxygen atoms in total. The molecule has 112 valence electrons. The lowest BCUT2D eigenvalue weighted by molar-refractivity contribution is 0.163. The van der Waals surface area contributed by atoms with Gasteiger partial charge >= 0.3 is 0 Å². The highest BCUT2D eigenvalue weighted by Gasteiger charge is 2.19. The largest absolute Gasteiger partial charge is 0.481 e. The number of aromatic nitrogens is 1. The second-order valence-electron chi connectivity index (χ2n) is 5.94. The Labute approximate surface area is 122 Å². The number of piperidine rings is 1. The van der Waals surface area contributed by atoms with Crippen LogP contribution in [-0.4, -0.2) is 42.7 Å². The van der Waals surface area contributed by atoms with Crippen LogP contribution in [0.3, 0.4) is 0 Å². The Morgan fingerprint density at radius 3 is 2.85 bits per heavy atom. The van der Waals surface area contributed by atoms with E-state index in [2.05, 4.69) is 35.1 Å². The highest BCUT2D eigenvalue weighted by molar-refractivity contribution is 5.17. The molecule has 1 aromatic heterocycles. The summed E-state index contributed by atoms with van der Waals surface area (Å²) in [6.45, 7) is 9.01. The van der Waals surface area contributed by atoms with Gasteiger partial charge in [-0.25, -0.2) is 4.98 Å². The average Bonchev–Trinajstić information content (AvgIpc) is 2.48. The summed E-state index contributed by atoms with van der Waals surface area (Å²) in [4.78, 5) is 6.84. The van der Waals surface area contributed by atoms with Crippen LogP contribution in [0.15, 0.2) is 18.3 Å². The molecule has 20 heavy (non-hydrogen) atoms. The van der Waals surface area contributed by atoms with E-state index in [1.807, 2.05) is 12.3 Å². The first-order valence-electron chi connectivity index (χ1n) is 7.62. The molecule has 1 aromatic rings. The third-order valence-electron chi connectivity index (χ3n) is 4.01. The van der Waals surface area contributed by atoms with Gasteiger partial charge in [-0.05, 0) is 51.3 Å². The fourth-order valence-corrected chi connectivity index (χ4v) is 2.73. The Bertz CT molecular complexity index is 385. The van der Waals surface area contributed by atoms with Gasteiger partial charge < -0.3 is 10.1 Å². The maximum absolute atomic E-state index is 5.11. The van der Waals surface area contributed by atoms with E-state index in [-0.39, 0.29) is 0 Å². The molecule has 1 unspecified atom stereocenters. The van der Waals surface area contributed by atoms with Crippen molar-refractivity contribution in [1.29, 1.82) is 0 Å². The Hall–Kier alpha value is -1.13. The molecule has 1 fully saturated rings. The van der Waals surface area contributed by atoms with E-state index in [1.165, 1.54) is 24.9 Å². The summed E-state index contributed by atoms with van der Waals surface area (Å²) in [6, 6.07) is 4.61. The van der Waals surface area contributed by atoms with Gasteiger partial charge in [-0.2, -0.15) is 0 Å². The number of pyridine rings is 1. The van der Waals surface area contributed by atoms with Gasteiger partial charge in [-0.3, -0.25) is 4.90 Å². The maximum Gasteiger partial charge on any atom is 0.212 e. The molecule has 1 aliphatic heterocycles. The van der Waals surface area contributed by atoms with E-state index in [0.717, 1.165) is 25.6 Å². The van der Waals surface area contributed by atoms with Crippen molar-refractivity contribution >= 4 is 0 Å². The summed E-state index contributed by atoms with van der Waals surface area (Å²) < 4.78 is 5.11. The minimum absolute atomic E-state index is 0.555. The topological polar surface area (TPSA) is 37.4 Å². The normalized spacial score (nSPS) is 19.6. The van der Waals surface area contributed by atoms with Crippen molar-refractivity contribution in [3.63, 3.8) is 0 Å². The fourth-order valence-electron chi connectivity index (χ4n) is 2.73. The quantitative estimate of drug-likeness (QED) is 0.866. The Morgan fingerprint density at radius 2 is 2.30 bits per heavy atom. The smallest absolute Gasteiger partial charge is 0.212 e. The number of methoxy groups -OCH3 is 1. The molecule has 1 saturated heterocycles. The second-order valence-corrected chi connectivity index (χ2v) is 5.94. The lowest BCUT2D eigenvalue weighted by Gasteiger charge is -2.32. The summed E-state index contributed by atoms with van der Waals surface area (Å²) in [5.74, 6) is 1.46. The van der Waals surface area contributed by atoms with Crippen LogP contribution in [-0.2, 0) is 6.54 Å². The standard InChI is InChI=1S/C16H27N3O/c1-13(2)19(11-14-5-4-8-17-9-14)12-15-6-7-16(20-3)18-10-15/h6-7,10,13-14,17H,4-5,8-9,11-12H2,1-3H3. The number of hydrogen-bond donors (Lipinski definition) is 1. The number of rotatable bonds is 6. The SMILES string of the molecule is COc1ccc(CN(CC2CCCNC2)C(C)C)cn1. The van der Waals surface area contributed by atoms with Crippen molar-refractivity contribution < 1.29 is 4.74 Å². The highest BCUT2D eigenvalue weighted by atomic mass is 16.5. The van der Waals surface area contributed by atoms with Gasteiger partial charge in [0, 0.05) is 31.4 Å². The molecule has 0 aliphatic carbocycles. The van der Waals surface area contributed by atoms with Crippen molar-refractivity contribution in [3.8, 4) is 5.88 Å². The van der Waals surface area contributed by atoms with E-state index in [0.29, 0.717) is 11.9 Å². The number of nitrogens with zero attached hydrogens (tertiary/aromatic N) is 2. The van der Waals surface area contributed by atoms with Crippen LogP contribution in [0.25, 0.3) is 0 Å². The number of hydrogen-bond acceptors (Lipinski definition) is 4. The molecule has 0 amide bonds. The predicted molar refractivity (Wildman–Crippen MR) is 81.9 cm³/mol. The van der Waals surface area contributed by atoms with Crippen LogP contribution in [0.5, 0.6) is 5.88 Å². The molecule has 2 heterocycles. The predicted octanol–water partition coefficient (Wildman–Crippen LogP) is 2.30. The molecule has 0 bridgehead atoms. The molecule has 1 N–H and O–H groups in total. The molecule has 1 atom stereocenters. The fraction of sp³-hybridized carbons (Fsp3) is 0.688. The van der Waals surface area contributed by atoms with E-state index in [4.69, 9.17) is 4.74 Å². The maximum atomic E-state index is 5.11. The van der Waals surface area contributed by atoms with Gasteiger partial charge in [-0.1, -0.05) is 6.07 Å². The van der Waals surface area contributed by atoms with Crippen LogP contribution >= 0.6 is 0 Å². The minimum atomic E-state index is 0.555. The first-order valence-corrected chi connectivity index (χ1v) is 7.62. The molecule has 1 aliphatic rings. The van der Waals surface area contributed by atoms with Gasteiger partial charge in [0.05, 0.1) is 7.11 Å². The zero-order valence-electron chi connectivity index (χ0n) is 12.9. The molecular formula is C16H27N3O. The van der Waals surface area contributed by atoms with E-state index >= 15 is 0 Å². The van der Waals surface area contributed by atoms with Crippen molar-refractivity contribution in [2.75, 3.05) is 26.7 Å². The summed E-state index contributed by atoms with van der Waals surface area (Å²) >= 11 is 0. The summed E-state index contributed by atoms with van der Waals surface area (Å²) in [6.07, 6.45) is 4.57. The van der Waals surface area contributed by atoms with Gasteiger partial charge in [0.2, 0.25) is 5.88 Å². The van der Waals surface area contributed by atoms with Crippen molar-refractivity contribution in [2.45, 2.75) is 39.3 Å². The zero-order chi connectivity index (χ0) is 14.4. The van der Waals surface area contributed by atoms with E-state index in [9.17, 15) is 0 Å². The molecule has 2 rings (SSSR count). The third-order valence-corrected chi connectivity index (χ3v) is 4.01. The monoisotopic (exact) mass is 277 g/mol. The van der Waals surface area contributed by atoms with Crippen LogP contribution < -0.4 is 10.1 Å². The van der Waals surface area contributed by atoms with E-state index in [1.54, 1.807) is 7.11 Å². The molecule has 0 aromatic carbocycles. The average molecular weight is 277 g/mol. The van der Waals surface area contributed by atoms with Crippen LogP contribution in [0.2, 0.25) is 0 Å².